The molecule has 2 aromatic rings. The first-order valence-electron chi connectivity index (χ1n) is 12.8. The summed E-state index contributed by atoms with van der Waals surface area (Å²) in [4.78, 5) is 56.7. The molecule has 1 aromatic heterocycles. The first-order chi connectivity index (χ1) is 19.4. The highest BCUT2D eigenvalue weighted by atomic mass is 16.7. The van der Waals surface area contributed by atoms with E-state index in [0.717, 1.165) is 26.3 Å². The number of hydrogen-bond donors (Lipinski definition) is 0. The Morgan fingerprint density at radius 3 is 1.95 bits per heavy atom. The predicted molar refractivity (Wildman–Crippen MR) is 140 cm³/mol. The zero-order valence-electron chi connectivity index (χ0n) is 24.0. The highest BCUT2D eigenvalue weighted by molar-refractivity contribution is 5.68. The van der Waals surface area contributed by atoms with E-state index in [9.17, 15) is 19.2 Å². The van der Waals surface area contributed by atoms with E-state index < -0.39 is 54.6 Å². The predicted octanol–water partition coefficient (Wildman–Crippen LogP) is 2.15. The van der Waals surface area contributed by atoms with Crippen LogP contribution in [0.25, 0.3) is 0 Å². The van der Waals surface area contributed by atoms with Gasteiger partial charge >= 0.3 is 23.9 Å². The molecule has 3 rings (SSSR count). The molecule has 0 unspecified atom stereocenters. The Bertz CT molecular complexity index is 1260. The number of esters is 4. The third kappa shape index (κ3) is 8.61. The van der Waals surface area contributed by atoms with Crippen LogP contribution in [0.1, 0.15) is 50.3 Å². The lowest BCUT2D eigenvalue weighted by Crippen LogP contribution is -2.63. The molecule has 222 valence electrons. The lowest BCUT2D eigenvalue weighted by atomic mass is 9.98. The van der Waals surface area contributed by atoms with E-state index in [2.05, 4.69) is 9.97 Å². The number of aryl methyl sites for hydroxylation is 2. The van der Waals surface area contributed by atoms with Crippen molar-refractivity contribution in [3.63, 3.8) is 0 Å². The van der Waals surface area contributed by atoms with Gasteiger partial charge in [0.1, 0.15) is 24.3 Å². The lowest BCUT2D eigenvalue weighted by molar-refractivity contribution is -0.289. The van der Waals surface area contributed by atoms with E-state index >= 15 is 0 Å². The monoisotopic (exact) mass is 574 g/mol. The van der Waals surface area contributed by atoms with Crippen molar-refractivity contribution < 1.29 is 52.3 Å². The molecule has 0 amide bonds. The molecule has 1 fully saturated rings. The van der Waals surface area contributed by atoms with Crippen molar-refractivity contribution in [2.24, 2.45) is 0 Å². The van der Waals surface area contributed by atoms with Gasteiger partial charge in [0.05, 0.1) is 7.11 Å². The smallest absolute Gasteiger partial charge is 0.303 e. The quantitative estimate of drug-likeness (QED) is 0.300. The van der Waals surface area contributed by atoms with Crippen LogP contribution < -0.4 is 9.47 Å². The zero-order valence-corrected chi connectivity index (χ0v) is 24.0. The zero-order chi connectivity index (χ0) is 30.3. The number of carbonyl (C=O) groups excluding carboxylic acids is 4. The Labute approximate surface area is 237 Å². The van der Waals surface area contributed by atoms with E-state index in [0.29, 0.717) is 29.3 Å². The van der Waals surface area contributed by atoms with Crippen molar-refractivity contribution in [2.45, 2.75) is 78.7 Å². The molecule has 41 heavy (non-hydrogen) atoms. The van der Waals surface area contributed by atoms with Crippen LogP contribution in [0.4, 0.5) is 0 Å². The lowest BCUT2D eigenvalue weighted by Gasteiger charge is -2.43. The topological polar surface area (TPSA) is 159 Å². The molecule has 5 atom stereocenters. The maximum Gasteiger partial charge on any atom is 0.303 e. The average molecular weight is 575 g/mol. The number of hydrogen-bond acceptors (Lipinski definition) is 13. The number of aromatic nitrogens is 2. The van der Waals surface area contributed by atoms with Crippen LogP contribution in [-0.4, -0.2) is 78.3 Å². The minimum Gasteiger partial charge on any atom is -0.497 e. The molecular weight excluding hydrogens is 540 g/mol. The number of carbonyl (C=O) groups is 4. The van der Waals surface area contributed by atoms with Crippen LogP contribution in [0, 0.1) is 13.8 Å². The van der Waals surface area contributed by atoms with Crippen molar-refractivity contribution in [2.75, 3.05) is 13.7 Å². The molecule has 0 bridgehead atoms. The molecule has 0 spiro atoms. The van der Waals surface area contributed by atoms with E-state index in [1.54, 1.807) is 21.0 Å². The van der Waals surface area contributed by atoms with Gasteiger partial charge in [-0.2, -0.15) is 4.98 Å². The van der Waals surface area contributed by atoms with Gasteiger partial charge in [-0.25, -0.2) is 4.98 Å². The number of ether oxygens (including phenoxy) is 7. The van der Waals surface area contributed by atoms with Gasteiger partial charge in [0, 0.05) is 45.4 Å². The Kier molecular flexibility index (Phi) is 10.6. The Hall–Kier alpha value is -4.26. The molecule has 0 aliphatic carbocycles. The molecule has 1 aliphatic rings. The molecule has 0 radical (unpaired) electrons. The Morgan fingerprint density at radius 1 is 0.805 bits per heavy atom. The van der Waals surface area contributed by atoms with E-state index in [1.165, 1.54) is 6.92 Å². The average Bonchev–Trinajstić information content (AvgIpc) is 2.88. The third-order valence-electron chi connectivity index (χ3n) is 6.00. The number of rotatable bonds is 10. The standard InChI is InChI=1S/C28H34N2O11/c1-14-22(12-20-8-10-21(35-7)11-9-20)27(30-15(2)29-14)41-28-26(39-19(6)34)25(38-18(5)33)24(37-17(4)32)23(40-28)13-36-16(3)31/h8-11,23-26,28H,12-13H2,1-7H3/t23-,24-,25+,26-,28+/m1/s1. The van der Waals surface area contributed by atoms with E-state index in [4.69, 9.17) is 33.2 Å². The molecule has 2 heterocycles. The van der Waals surface area contributed by atoms with Crippen molar-refractivity contribution in [1.82, 2.24) is 9.97 Å². The minimum atomic E-state index is -1.42. The summed E-state index contributed by atoms with van der Waals surface area (Å²) in [6.45, 7) is 7.75. The summed E-state index contributed by atoms with van der Waals surface area (Å²) in [5.41, 5.74) is 2.16. The molecule has 0 saturated carbocycles. The Balaban J connectivity index is 2.06. The molecule has 1 aromatic carbocycles. The van der Waals surface area contributed by atoms with Crippen LogP contribution in [-0.2, 0) is 49.3 Å². The van der Waals surface area contributed by atoms with Gasteiger partial charge in [0.25, 0.3) is 0 Å². The first kappa shape index (κ1) is 31.3. The fraction of sp³-hybridized carbons (Fsp3) is 0.500. The summed E-state index contributed by atoms with van der Waals surface area (Å²) in [5, 5.41) is 0. The van der Waals surface area contributed by atoms with Crippen molar-refractivity contribution in [1.29, 1.82) is 0 Å². The number of methoxy groups -OCH3 is 1. The van der Waals surface area contributed by atoms with Gasteiger partial charge < -0.3 is 33.2 Å². The van der Waals surface area contributed by atoms with Gasteiger partial charge in [-0.3, -0.25) is 19.2 Å². The largest absolute Gasteiger partial charge is 0.497 e. The van der Waals surface area contributed by atoms with Gasteiger partial charge in [0.2, 0.25) is 18.3 Å². The van der Waals surface area contributed by atoms with Crippen LogP contribution >= 0.6 is 0 Å². The first-order valence-corrected chi connectivity index (χ1v) is 12.8. The van der Waals surface area contributed by atoms with Gasteiger partial charge in [-0.15, -0.1) is 0 Å². The Morgan fingerprint density at radius 2 is 1.39 bits per heavy atom. The number of benzene rings is 1. The van der Waals surface area contributed by atoms with Crippen molar-refractivity contribution in [3.8, 4) is 11.6 Å². The second-order valence-electron chi connectivity index (χ2n) is 9.35. The summed E-state index contributed by atoms with van der Waals surface area (Å²) in [5.74, 6) is -1.60. The molecule has 1 aliphatic heterocycles. The highest BCUT2D eigenvalue weighted by Gasteiger charge is 2.53. The maximum absolute atomic E-state index is 12.1. The van der Waals surface area contributed by atoms with Crippen LogP contribution in [0.5, 0.6) is 11.6 Å². The summed E-state index contributed by atoms with van der Waals surface area (Å²) in [6, 6.07) is 7.41. The molecule has 1 saturated heterocycles. The summed E-state index contributed by atoms with van der Waals surface area (Å²) in [7, 11) is 1.58. The second kappa shape index (κ2) is 13.9. The summed E-state index contributed by atoms with van der Waals surface area (Å²) >= 11 is 0. The summed E-state index contributed by atoms with van der Waals surface area (Å²) < 4.78 is 39.0. The summed E-state index contributed by atoms with van der Waals surface area (Å²) in [6.07, 6.45) is -6.26. The van der Waals surface area contributed by atoms with Crippen LogP contribution in [0.15, 0.2) is 24.3 Å². The van der Waals surface area contributed by atoms with Crippen LogP contribution in [0.3, 0.4) is 0 Å². The fourth-order valence-corrected chi connectivity index (χ4v) is 4.35. The maximum atomic E-state index is 12.1. The van der Waals surface area contributed by atoms with Crippen molar-refractivity contribution in [3.05, 3.63) is 46.9 Å². The minimum absolute atomic E-state index is 0.131. The molecular formula is C28H34N2O11. The van der Waals surface area contributed by atoms with Gasteiger partial charge in [0.15, 0.2) is 12.2 Å². The SMILES string of the molecule is COc1ccc(Cc2c(C)nc(C)nc2O[C@@H]2O[C@H](COC(C)=O)[C@@H](OC(C)=O)[C@H](OC(C)=O)[C@H]2OC(C)=O)cc1. The number of nitrogens with zero attached hydrogens (tertiary/aromatic N) is 2. The second-order valence-corrected chi connectivity index (χ2v) is 9.35. The fourth-order valence-electron chi connectivity index (χ4n) is 4.35. The van der Waals surface area contributed by atoms with Gasteiger partial charge in [-0.1, -0.05) is 12.1 Å². The normalized spacial score (nSPS) is 21.8. The van der Waals surface area contributed by atoms with E-state index in [-0.39, 0.29) is 12.5 Å². The highest BCUT2D eigenvalue weighted by Crippen LogP contribution is 2.32. The molecule has 13 heteroatoms. The van der Waals surface area contributed by atoms with E-state index in [1.807, 2.05) is 24.3 Å². The molecule has 13 nitrogen and oxygen atoms in total. The van der Waals surface area contributed by atoms with Crippen LogP contribution in [0.2, 0.25) is 0 Å². The molecule has 0 N–H and O–H groups in total. The van der Waals surface area contributed by atoms with Crippen molar-refractivity contribution >= 4 is 23.9 Å². The third-order valence-corrected chi connectivity index (χ3v) is 6.00. The van der Waals surface area contributed by atoms with Gasteiger partial charge in [-0.05, 0) is 31.5 Å².